The summed E-state index contributed by atoms with van der Waals surface area (Å²) in [6, 6.07) is 0. The van der Waals surface area contributed by atoms with E-state index in [9.17, 15) is 8.42 Å². The van der Waals surface area contributed by atoms with Gasteiger partial charge in [0.05, 0.1) is 18.5 Å². The maximum absolute atomic E-state index is 11.5. The molecule has 2 fully saturated rings. The molecule has 0 aromatic carbocycles. The Bertz CT molecular complexity index is 421. The lowest BCUT2D eigenvalue weighted by Crippen LogP contribution is -2.41. The van der Waals surface area contributed by atoms with Crippen LogP contribution in [0.4, 0.5) is 0 Å². The molecule has 0 spiro atoms. The zero-order chi connectivity index (χ0) is 15.5. The third-order valence-electron chi connectivity index (χ3n) is 4.79. The van der Waals surface area contributed by atoms with Gasteiger partial charge in [-0.15, -0.1) is 0 Å². The van der Waals surface area contributed by atoms with E-state index in [1.54, 1.807) is 0 Å². The molecule has 0 aromatic rings. The van der Waals surface area contributed by atoms with Crippen LogP contribution in [0.15, 0.2) is 0 Å². The van der Waals surface area contributed by atoms with E-state index >= 15 is 0 Å². The van der Waals surface area contributed by atoms with Crippen LogP contribution in [0.25, 0.3) is 0 Å². The second kappa shape index (κ2) is 7.16. The van der Waals surface area contributed by atoms with E-state index in [0.29, 0.717) is 44.5 Å². The minimum atomic E-state index is -3.52. The van der Waals surface area contributed by atoms with Gasteiger partial charge in [-0.3, -0.25) is 0 Å². The van der Waals surface area contributed by atoms with Gasteiger partial charge >= 0.3 is 0 Å². The molecule has 1 aliphatic carbocycles. The Labute approximate surface area is 132 Å². The van der Waals surface area contributed by atoms with Crippen molar-refractivity contribution in [1.29, 1.82) is 0 Å². The summed E-state index contributed by atoms with van der Waals surface area (Å²) in [4.78, 5) is 0. The predicted molar refractivity (Wildman–Crippen MR) is 84.0 cm³/mol. The highest BCUT2D eigenvalue weighted by Crippen LogP contribution is 2.36. The largest absolute Gasteiger partial charge is 0.381 e. The molecule has 6 heteroatoms. The van der Waals surface area contributed by atoms with Crippen LogP contribution < -0.4 is 0 Å². The lowest BCUT2D eigenvalue weighted by atomic mass is 9.80. The Hall–Kier alpha value is 0.160. The first-order chi connectivity index (χ1) is 9.78. The zero-order valence-electron chi connectivity index (χ0n) is 13.0. The normalized spacial score (nSPS) is 33.8. The van der Waals surface area contributed by atoms with Gasteiger partial charge in [-0.2, -0.15) is 0 Å². The molecular formula is C15H27ClO4S. The van der Waals surface area contributed by atoms with E-state index in [1.807, 2.05) is 0 Å². The quantitative estimate of drug-likeness (QED) is 0.722. The molecule has 1 saturated heterocycles. The summed E-state index contributed by atoms with van der Waals surface area (Å²) in [6.07, 6.45) is 5.07. The SMILES string of the molecule is CC1CC(C)CC(OCC2(CS(=O)(=O)Cl)CCOCC2)C1. The van der Waals surface area contributed by atoms with Crippen LogP contribution in [0.1, 0.15) is 46.0 Å². The van der Waals surface area contributed by atoms with Gasteiger partial charge in [0.25, 0.3) is 0 Å². The van der Waals surface area contributed by atoms with Crippen LogP contribution >= 0.6 is 10.7 Å². The molecule has 2 rings (SSSR count). The van der Waals surface area contributed by atoms with Crippen LogP contribution in [0.5, 0.6) is 0 Å². The third kappa shape index (κ3) is 5.70. The van der Waals surface area contributed by atoms with E-state index in [0.717, 1.165) is 12.8 Å². The minimum absolute atomic E-state index is 0.0112. The molecule has 1 saturated carbocycles. The van der Waals surface area contributed by atoms with Gasteiger partial charge < -0.3 is 9.47 Å². The Morgan fingerprint density at radius 1 is 1.14 bits per heavy atom. The van der Waals surface area contributed by atoms with Crippen molar-refractivity contribution < 1.29 is 17.9 Å². The van der Waals surface area contributed by atoms with Gasteiger partial charge in [-0.1, -0.05) is 13.8 Å². The number of ether oxygens (including phenoxy) is 2. The van der Waals surface area contributed by atoms with Crippen molar-refractivity contribution in [1.82, 2.24) is 0 Å². The fourth-order valence-electron chi connectivity index (χ4n) is 3.80. The highest BCUT2D eigenvalue weighted by atomic mass is 35.7. The number of halogens is 1. The van der Waals surface area contributed by atoms with E-state index in [2.05, 4.69) is 13.8 Å². The van der Waals surface area contributed by atoms with Crippen LogP contribution in [0.3, 0.4) is 0 Å². The van der Waals surface area contributed by atoms with Gasteiger partial charge in [-0.05, 0) is 43.9 Å². The van der Waals surface area contributed by atoms with E-state index in [-0.39, 0.29) is 17.3 Å². The Balaban J connectivity index is 1.95. The van der Waals surface area contributed by atoms with Crippen LogP contribution in [-0.4, -0.2) is 40.1 Å². The number of rotatable bonds is 5. The molecule has 2 atom stereocenters. The van der Waals surface area contributed by atoms with Crippen molar-refractivity contribution in [2.45, 2.75) is 52.1 Å². The summed E-state index contributed by atoms with van der Waals surface area (Å²) < 4.78 is 34.6. The molecule has 0 radical (unpaired) electrons. The highest BCUT2D eigenvalue weighted by molar-refractivity contribution is 8.13. The second-order valence-corrected chi connectivity index (χ2v) is 9.92. The Morgan fingerprint density at radius 3 is 2.24 bits per heavy atom. The zero-order valence-corrected chi connectivity index (χ0v) is 14.6. The highest BCUT2D eigenvalue weighted by Gasteiger charge is 2.38. The average Bonchev–Trinajstić information content (AvgIpc) is 2.34. The Kier molecular flexibility index (Phi) is 5.97. The molecule has 1 heterocycles. The summed E-state index contributed by atoms with van der Waals surface area (Å²) in [7, 11) is 1.98. The molecule has 0 bridgehead atoms. The standard InChI is InChI=1S/C15H27ClO4S/c1-12-7-13(2)9-14(8-12)20-10-15(11-21(16,17)18)3-5-19-6-4-15/h12-14H,3-11H2,1-2H3. The fourth-order valence-corrected chi connectivity index (χ4v) is 5.60. The molecule has 21 heavy (non-hydrogen) atoms. The van der Waals surface area contributed by atoms with Crippen molar-refractivity contribution in [3.05, 3.63) is 0 Å². The molecule has 0 N–H and O–H groups in total. The molecular weight excluding hydrogens is 312 g/mol. The molecule has 1 aliphatic heterocycles. The van der Waals surface area contributed by atoms with E-state index < -0.39 is 9.05 Å². The van der Waals surface area contributed by atoms with Crippen molar-refractivity contribution in [3.8, 4) is 0 Å². The maximum Gasteiger partial charge on any atom is 0.233 e. The van der Waals surface area contributed by atoms with E-state index in [1.165, 1.54) is 6.42 Å². The third-order valence-corrected chi connectivity index (χ3v) is 6.08. The summed E-state index contributed by atoms with van der Waals surface area (Å²) in [5, 5.41) is 0. The van der Waals surface area contributed by atoms with Gasteiger partial charge in [0.1, 0.15) is 0 Å². The average molecular weight is 339 g/mol. The van der Waals surface area contributed by atoms with Crippen molar-refractivity contribution in [2.24, 2.45) is 17.3 Å². The number of hydrogen-bond acceptors (Lipinski definition) is 4. The minimum Gasteiger partial charge on any atom is -0.381 e. The van der Waals surface area contributed by atoms with Crippen molar-refractivity contribution in [2.75, 3.05) is 25.6 Å². The van der Waals surface area contributed by atoms with Gasteiger partial charge in [0, 0.05) is 29.3 Å². The van der Waals surface area contributed by atoms with Gasteiger partial charge in [0.15, 0.2) is 0 Å². The molecule has 2 aliphatic rings. The summed E-state index contributed by atoms with van der Waals surface area (Å²) in [6.45, 7) is 6.19. The van der Waals surface area contributed by atoms with Crippen molar-refractivity contribution in [3.63, 3.8) is 0 Å². The summed E-state index contributed by atoms with van der Waals surface area (Å²) in [5.41, 5.74) is -0.372. The molecule has 0 aromatic heterocycles. The van der Waals surface area contributed by atoms with Gasteiger partial charge in [0.2, 0.25) is 9.05 Å². The molecule has 2 unspecified atom stereocenters. The fraction of sp³-hybridized carbons (Fsp3) is 1.00. The van der Waals surface area contributed by atoms with E-state index in [4.69, 9.17) is 20.2 Å². The smallest absolute Gasteiger partial charge is 0.233 e. The first-order valence-electron chi connectivity index (χ1n) is 7.90. The Morgan fingerprint density at radius 2 is 1.71 bits per heavy atom. The first kappa shape index (κ1) is 17.5. The molecule has 4 nitrogen and oxygen atoms in total. The van der Waals surface area contributed by atoms with Crippen LogP contribution in [-0.2, 0) is 18.5 Å². The van der Waals surface area contributed by atoms with Crippen LogP contribution in [0.2, 0.25) is 0 Å². The van der Waals surface area contributed by atoms with Crippen LogP contribution in [0, 0.1) is 17.3 Å². The van der Waals surface area contributed by atoms with Crippen molar-refractivity contribution >= 4 is 19.7 Å². The second-order valence-electron chi connectivity index (χ2n) is 7.15. The summed E-state index contributed by atoms with van der Waals surface area (Å²) >= 11 is 0. The maximum atomic E-state index is 11.5. The lowest BCUT2D eigenvalue weighted by Gasteiger charge is -2.39. The first-order valence-corrected chi connectivity index (χ1v) is 10.4. The molecule has 0 amide bonds. The predicted octanol–water partition coefficient (Wildman–Crippen LogP) is 3.19. The molecule has 124 valence electrons. The number of hydrogen-bond donors (Lipinski definition) is 0. The lowest BCUT2D eigenvalue weighted by molar-refractivity contribution is -0.0712. The summed E-state index contributed by atoms with van der Waals surface area (Å²) in [5.74, 6) is 1.35. The monoisotopic (exact) mass is 338 g/mol. The van der Waals surface area contributed by atoms with Gasteiger partial charge in [-0.25, -0.2) is 8.42 Å². The topological polar surface area (TPSA) is 52.6 Å².